The van der Waals surface area contributed by atoms with Crippen LogP contribution in [0.2, 0.25) is 0 Å². The Kier molecular flexibility index (Phi) is 2.79. The highest BCUT2D eigenvalue weighted by Gasteiger charge is 2.34. The summed E-state index contributed by atoms with van der Waals surface area (Å²) in [6, 6.07) is 1.84. The van der Waals surface area contributed by atoms with E-state index in [1.165, 1.54) is 0 Å². The fourth-order valence-electron chi connectivity index (χ4n) is 1.40. The zero-order valence-electron chi connectivity index (χ0n) is 6.97. The molecule has 4 nitrogen and oxygen atoms in total. The molecule has 1 aliphatic rings. The minimum atomic E-state index is -0.735. The number of nitriles is 1. The summed E-state index contributed by atoms with van der Waals surface area (Å²) in [5.74, 6) is -0.119. The van der Waals surface area contributed by atoms with E-state index in [-0.39, 0.29) is 12.2 Å². The molecule has 0 aromatic rings. The number of ketones is 1. The largest absolute Gasteiger partial charge is 0.319 e. The fraction of sp³-hybridized carbons (Fsp3) is 0.750. The number of nitrogens with zero attached hydrogens (tertiary/aromatic N) is 1. The summed E-state index contributed by atoms with van der Waals surface area (Å²) in [7, 11) is 0. The minimum absolute atomic E-state index is 0.0590. The molecule has 1 saturated heterocycles. The van der Waals surface area contributed by atoms with Gasteiger partial charge in [0.2, 0.25) is 0 Å². The summed E-state index contributed by atoms with van der Waals surface area (Å²) in [5.41, 5.74) is 5.11. The third-order valence-corrected chi connectivity index (χ3v) is 2.29. The maximum absolute atomic E-state index is 11.3. The molecule has 0 spiro atoms. The van der Waals surface area contributed by atoms with Gasteiger partial charge in [-0.1, -0.05) is 0 Å². The quantitative estimate of drug-likeness (QED) is 0.584. The van der Waals surface area contributed by atoms with Crippen molar-refractivity contribution in [2.24, 2.45) is 5.73 Å². The highest BCUT2D eigenvalue weighted by molar-refractivity contribution is 5.89. The SMILES string of the molecule is N#CCC(=O)C1(N)CCNCC1. The number of nitrogens with one attached hydrogen (secondary N) is 1. The predicted octanol–water partition coefficient (Wildman–Crippen LogP) is -0.450. The van der Waals surface area contributed by atoms with Crippen LogP contribution in [0.3, 0.4) is 0 Å². The van der Waals surface area contributed by atoms with Gasteiger partial charge in [0.25, 0.3) is 0 Å². The number of Topliss-reactive ketones (excluding diaryl/α,β-unsaturated/α-hetero) is 1. The first-order valence-corrected chi connectivity index (χ1v) is 4.09. The third kappa shape index (κ3) is 1.81. The Balaban J connectivity index is 2.57. The minimum Gasteiger partial charge on any atom is -0.319 e. The van der Waals surface area contributed by atoms with Gasteiger partial charge in [0.05, 0.1) is 18.0 Å². The first-order chi connectivity index (χ1) is 5.69. The number of rotatable bonds is 2. The lowest BCUT2D eigenvalue weighted by molar-refractivity contribution is -0.124. The van der Waals surface area contributed by atoms with Crippen LogP contribution in [0.5, 0.6) is 0 Å². The van der Waals surface area contributed by atoms with E-state index in [0.29, 0.717) is 12.8 Å². The molecule has 4 heteroatoms. The van der Waals surface area contributed by atoms with E-state index in [9.17, 15) is 4.79 Å². The summed E-state index contributed by atoms with van der Waals surface area (Å²) >= 11 is 0. The monoisotopic (exact) mass is 167 g/mol. The van der Waals surface area contributed by atoms with Gasteiger partial charge in [0.1, 0.15) is 0 Å². The van der Waals surface area contributed by atoms with Crippen LogP contribution >= 0.6 is 0 Å². The molecule has 0 saturated carbocycles. The Morgan fingerprint density at radius 2 is 2.17 bits per heavy atom. The summed E-state index contributed by atoms with van der Waals surface area (Å²) in [5, 5.41) is 11.5. The van der Waals surface area contributed by atoms with Crippen molar-refractivity contribution in [2.45, 2.75) is 24.8 Å². The van der Waals surface area contributed by atoms with E-state index < -0.39 is 5.54 Å². The summed E-state index contributed by atoms with van der Waals surface area (Å²) in [6.07, 6.45) is 1.23. The lowest BCUT2D eigenvalue weighted by Gasteiger charge is -2.31. The lowest BCUT2D eigenvalue weighted by Crippen LogP contribution is -2.54. The molecule has 1 heterocycles. The zero-order valence-corrected chi connectivity index (χ0v) is 6.97. The molecule has 0 aromatic carbocycles. The van der Waals surface area contributed by atoms with E-state index in [4.69, 9.17) is 11.0 Å². The van der Waals surface area contributed by atoms with Crippen LogP contribution in [-0.4, -0.2) is 24.4 Å². The van der Waals surface area contributed by atoms with Gasteiger partial charge < -0.3 is 11.1 Å². The Hall–Kier alpha value is -0.920. The van der Waals surface area contributed by atoms with E-state index in [1.807, 2.05) is 6.07 Å². The van der Waals surface area contributed by atoms with Crippen molar-refractivity contribution in [1.29, 1.82) is 5.26 Å². The van der Waals surface area contributed by atoms with Crippen LogP contribution in [0.25, 0.3) is 0 Å². The molecular formula is C8H13N3O. The average molecular weight is 167 g/mol. The topological polar surface area (TPSA) is 78.9 Å². The van der Waals surface area contributed by atoms with Gasteiger partial charge in [-0.25, -0.2) is 0 Å². The van der Waals surface area contributed by atoms with Crippen LogP contribution in [-0.2, 0) is 4.79 Å². The molecular weight excluding hydrogens is 154 g/mol. The normalized spacial score (nSPS) is 21.3. The average Bonchev–Trinajstić information content (AvgIpc) is 2.06. The number of piperidine rings is 1. The standard InChI is InChI=1S/C8H13N3O/c9-4-1-7(12)8(10)2-5-11-6-3-8/h11H,1-3,5-6,10H2. The van der Waals surface area contributed by atoms with Crippen LogP contribution in [0.15, 0.2) is 0 Å². The number of carbonyl (C=O) groups is 1. The molecule has 0 radical (unpaired) electrons. The molecule has 0 atom stereocenters. The van der Waals surface area contributed by atoms with Gasteiger partial charge >= 0.3 is 0 Å². The van der Waals surface area contributed by atoms with E-state index in [2.05, 4.69) is 5.32 Å². The van der Waals surface area contributed by atoms with Crippen molar-refractivity contribution in [2.75, 3.05) is 13.1 Å². The van der Waals surface area contributed by atoms with Gasteiger partial charge in [-0.05, 0) is 25.9 Å². The zero-order chi connectivity index (χ0) is 9.03. The van der Waals surface area contributed by atoms with Crippen LogP contribution in [0, 0.1) is 11.3 Å². The molecule has 1 fully saturated rings. The molecule has 1 rings (SSSR count). The van der Waals surface area contributed by atoms with E-state index in [1.54, 1.807) is 0 Å². The number of nitrogens with two attached hydrogens (primary N) is 1. The van der Waals surface area contributed by atoms with Crippen LogP contribution in [0.4, 0.5) is 0 Å². The van der Waals surface area contributed by atoms with Crippen LogP contribution < -0.4 is 11.1 Å². The molecule has 12 heavy (non-hydrogen) atoms. The molecule has 66 valence electrons. The fourth-order valence-corrected chi connectivity index (χ4v) is 1.40. The summed E-state index contributed by atoms with van der Waals surface area (Å²) in [4.78, 5) is 11.3. The molecule has 0 aliphatic carbocycles. The third-order valence-electron chi connectivity index (χ3n) is 2.29. The highest BCUT2D eigenvalue weighted by atomic mass is 16.1. The first-order valence-electron chi connectivity index (χ1n) is 4.09. The maximum atomic E-state index is 11.3. The second-order valence-corrected chi connectivity index (χ2v) is 3.16. The smallest absolute Gasteiger partial charge is 0.166 e. The van der Waals surface area contributed by atoms with E-state index >= 15 is 0 Å². The van der Waals surface area contributed by atoms with Gasteiger partial charge in [0.15, 0.2) is 5.78 Å². The second kappa shape index (κ2) is 3.65. The summed E-state index contributed by atoms with van der Waals surface area (Å²) in [6.45, 7) is 1.54. The van der Waals surface area contributed by atoms with E-state index in [0.717, 1.165) is 13.1 Å². The van der Waals surface area contributed by atoms with Crippen LogP contribution in [0.1, 0.15) is 19.3 Å². The Morgan fingerprint density at radius 1 is 1.58 bits per heavy atom. The van der Waals surface area contributed by atoms with Gasteiger partial charge in [-0.3, -0.25) is 4.79 Å². The van der Waals surface area contributed by atoms with Crippen molar-refractivity contribution >= 4 is 5.78 Å². The molecule has 1 aliphatic heterocycles. The first kappa shape index (κ1) is 9.17. The Labute approximate surface area is 71.7 Å². The van der Waals surface area contributed by atoms with Crippen molar-refractivity contribution in [1.82, 2.24) is 5.32 Å². The highest BCUT2D eigenvalue weighted by Crippen LogP contribution is 2.17. The maximum Gasteiger partial charge on any atom is 0.166 e. The van der Waals surface area contributed by atoms with Crippen molar-refractivity contribution in [3.05, 3.63) is 0 Å². The molecule has 0 amide bonds. The van der Waals surface area contributed by atoms with Crippen molar-refractivity contribution < 1.29 is 4.79 Å². The van der Waals surface area contributed by atoms with Crippen molar-refractivity contribution in [3.8, 4) is 6.07 Å². The van der Waals surface area contributed by atoms with Gasteiger partial charge in [-0.15, -0.1) is 0 Å². The molecule has 0 unspecified atom stereocenters. The number of hydrogen-bond acceptors (Lipinski definition) is 4. The Morgan fingerprint density at radius 3 is 2.67 bits per heavy atom. The molecule has 0 bridgehead atoms. The number of carbonyl (C=O) groups excluding carboxylic acids is 1. The molecule has 0 aromatic heterocycles. The molecule has 3 N–H and O–H groups in total. The van der Waals surface area contributed by atoms with Crippen molar-refractivity contribution in [3.63, 3.8) is 0 Å². The predicted molar refractivity (Wildman–Crippen MR) is 44.3 cm³/mol. The lowest BCUT2D eigenvalue weighted by atomic mass is 9.84. The Bertz CT molecular complexity index is 213. The second-order valence-electron chi connectivity index (χ2n) is 3.16. The van der Waals surface area contributed by atoms with Gasteiger partial charge in [0, 0.05) is 0 Å². The number of hydrogen-bond donors (Lipinski definition) is 2. The summed E-state index contributed by atoms with van der Waals surface area (Å²) < 4.78 is 0. The van der Waals surface area contributed by atoms with Gasteiger partial charge in [-0.2, -0.15) is 5.26 Å².